The number of nitrogens with zero attached hydrogens (tertiary/aromatic N) is 4. The van der Waals surface area contributed by atoms with Crippen molar-refractivity contribution in [1.82, 2.24) is 0 Å². The predicted octanol–water partition coefficient (Wildman–Crippen LogP) is 15.4. The van der Waals surface area contributed by atoms with Gasteiger partial charge in [-0.1, -0.05) is 72.8 Å². The quantitative estimate of drug-likeness (QED) is 0.122. The molecule has 0 saturated heterocycles. The van der Waals surface area contributed by atoms with E-state index in [1.165, 1.54) is 121 Å². The Kier molecular flexibility index (Phi) is 10.5. The zero-order valence-electron chi connectivity index (χ0n) is 33.2. The van der Waals surface area contributed by atoms with Crippen LogP contribution in [0.15, 0.2) is 170 Å². The summed E-state index contributed by atoms with van der Waals surface area (Å²) in [5.41, 5.74) is -10.6. The number of hydrogen-bond acceptors (Lipinski definition) is 2. The molecule has 2 atom stereocenters. The van der Waals surface area contributed by atoms with Crippen LogP contribution >= 0.6 is 14.9 Å². The minimum Gasteiger partial charge on any atom is -0.270 e. The molecule has 0 saturated carbocycles. The normalized spacial score (nSPS) is 18.7. The summed E-state index contributed by atoms with van der Waals surface area (Å²) in [4.78, 5) is 0. The zero-order valence-corrected chi connectivity index (χ0v) is 35.0. The van der Waals surface area contributed by atoms with Crippen LogP contribution in [0.3, 0.4) is 0 Å². The standard InChI is InChI=1S/C46H28F12N4O2P2/c47-43(48,49)29-25-37(45(53,54)55)41-39(27-29)59(31-13-5-1-6-14-31)65(63,61(41)33-17-9-3-10-18-33)35-21-23-36(24-22-35)66(64)60(32-15-7-2-8-16-32)40-28-30(44(50,51)52)26-38(46(56,57)58)42(40)62(66)34-19-11-4-12-20-34/h1-28H. The molecule has 0 fully saturated rings. The van der Waals surface area contributed by atoms with Crippen LogP contribution in [-0.4, -0.2) is 0 Å². The smallest absolute Gasteiger partial charge is 0.270 e. The lowest BCUT2D eigenvalue weighted by atomic mass is 10.0. The molecule has 2 unspecified atom stereocenters. The SMILES string of the molecule is O=P1(c2ccc(P3(=O)N(c4ccccc4)c4cc(C(F)(F)F)cc(C(F)(F)F)c4N3c3ccccc3)cc2)N(c2ccccc2)c2cc(C(F)(F)F)cc(C(F)(F)F)c2N1c1ccccc1. The van der Waals surface area contributed by atoms with Crippen molar-refractivity contribution in [2.24, 2.45) is 0 Å². The van der Waals surface area contributed by atoms with Crippen molar-refractivity contribution in [3.63, 3.8) is 0 Å². The maximum absolute atomic E-state index is 16.4. The predicted molar refractivity (Wildman–Crippen MR) is 228 cm³/mol. The largest absolute Gasteiger partial charge is 0.418 e. The van der Waals surface area contributed by atoms with E-state index in [0.717, 1.165) is 42.9 Å². The lowest BCUT2D eigenvalue weighted by molar-refractivity contribution is -0.144. The zero-order chi connectivity index (χ0) is 47.2. The molecular weight excluding hydrogens is 930 g/mol. The number of para-hydroxylation sites is 4. The van der Waals surface area contributed by atoms with E-state index >= 15 is 35.5 Å². The Labute approximate surface area is 367 Å². The van der Waals surface area contributed by atoms with Gasteiger partial charge in [-0.2, -0.15) is 52.7 Å². The Bertz CT molecular complexity index is 2850. The number of halogens is 12. The molecule has 2 aliphatic rings. The molecule has 0 spiro atoms. The molecule has 7 aromatic carbocycles. The highest BCUT2D eigenvalue weighted by Gasteiger charge is 2.57. The number of anilines is 8. The summed E-state index contributed by atoms with van der Waals surface area (Å²) in [6, 6.07) is 32.9. The molecule has 2 aliphatic heterocycles. The summed E-state index contributed by atoms with van der Waals surface area (Å²) in [5.74, 6) is 0. The number of alkyl halides is 12. The first-order valence-electron chi connectivity index (χ1n) is 19.4. The van der Waals surface area contributed by atoms with Gasteiger partial charge in [-0.25, -0.2) is 0 Å². The van der Waals surface area contributed by atoms with Crippen LogP contribution < -0.4 is 29.3 Å². The third-order valence-corrected chi connectivity index (χ3v) is 16.8. The van der Waals surface area contributed by atoms with Crippen molar-refractivity contribution in [1.29, 1.82) is 0 Å². The molecule has 20 heteroatoms. The van der Waals surface area contributed by atoms with Crippen molar-refractivity contribution < 1.29 is 61.8 Å². The molecule has 0 amide bonds. The fourth-order valence-corrected chi connectivity index (χ4v) is 14.2. The molecule has 2 heterocycles. The fourth-order valence-electron chi connectivity index (χ4n) is 8.25. The van der Waals surface area contributed by atoms with Gasteiger partial charge in [0.05, 0.1) is 55.6 Å². The minimum atomic E-state index is -5.44. The van der Waals surface area contributed by atoms with Crippen molar-refractivity contribution >= 4 is 71.0 Å². The third kappa shape index (κ3) is 7.17. The van der Waals surface area contributed by atoms with Crippen molar-refractivity contribution in [3.8, 4) is 0 Å². The average molecular weight is 959 g/mol. The number of benzene rings is 7. The van der Waals surface area contributed by atoms with Crippen LogP contribution in [0.1, 0.15) is 22.3 Å². The van der Waals surface area contributed by atoms with E-state index in [0.29, 0.717) is 12.1 Å². The van der Waals surface area contributed by atoms with E-state index in [1.807, 2.05) is 0 Å². The summed E-state index contributed by atoms with van der Waals surface area (Å²) >= 11 is 0. The molecule has 0 bridgehead atoms. The van der Waals surface area contributed by atoms with Gasteiger partial charge in [0.2, 0.25) is 0 Å². The van der Waals surface area contributed by atoms with Crippen LogP contribution in [0.4, 0.5) is 98.2 Å². The van der Waals surface area contributed by atoms with E-state index in [-0.39, 0.29) is 45.5 Å². The highest BCUT2D eigenvalue weighted by molar-refractivity contribution is 7.76. The highest BCUT2D eigenvalue weighted by Crippen LogP contribution is 2.74. The summed E-state index contributed by atoms with van der Waals surface area (Å²) in [6.45, 7) is 0. The summed E-state index contributed by atoms with van der Waals surface area (Å²) < 4.78 is 214. The van der Waals surface area contributed by atoms with Gasteiger partial charge in [-0.3, -0.25) is 27.8 Å². The molecule has 6 nitrogen and oxygen atoms in total. The third-order valence-electron chi connectivity index (χ3n) is 10.9. The monoisotopic (exact) mass is 958 g/mol. The van der Waals surface area contributed by atoms with E-state index in [1.54, 1.807) is 0 Å². The Morgan fingerprint density at radius 1 is 0.318 bits per heavy atom. The molecule has 338 valence electrons. The lowest BCUT2D eigenvalue weighted by Crippen LogP contribution is -2.30. The second-order valence-electron chi connectivity index (χ2n) is 15.0. The minimum absolute atomic E-state index is 0.0735. The van der Waals surface area contributed by atoms with Gasteiger partial charge in [0.1, 0.15) is 0 Å². The Morgan fingerprint density at radius 2 is 0.576 bits per heavy atom. The van der Waals surface area contributed by atoms with Gasteiger partial charge in [-0.15, -0.1) is 0 Å². The van der Waals surface area contributed by atoms with E-state index in [2.05, 4.69) is 0 Å². The number of hydrogen-bond donors (Lipinski definition) is 0. The second kappa shape index (κ2) is 15.5. The van der Waals surface area contributed by atoms with Crippen LogP contribution in [0.5, 0.6) is 0 Å². The highest BCUT2D eigenvalue weighted by atomic mass is 31.2. The van der Waals surface area contributed by atoms with E-state index < -0.39 is 84.6 Å². The summed E-state index contributed by atoms with van der Waals surface area (Å²) in [5, 5.41) is -0.680. The molecule has 0 N–H and O–H groups in total. The first kappa shape index (κ1) is 44.6. The Morgan fingerprint density at radius 3 is 0.818 bits per heavy atom. The first-order chi connectivity index (χ1) is 31.1. The molecular formula is C46H28F12N4O2P2. The van der Waals surface area contributed by atoms with Crippen molar-refractivity contribution in [2.45, 2.75) is 24.7 Å². The van der Waals surface area contributed by atoms with Gasteiger partial charge < -0.3 is 0 Å². The molecule has 66 heavy (non-hydrogen) atoms. The van der Waals surface area contributed by atoms with E-state index in [4.69, 9.17) is 0 Å². The van der Waals surface area contributed by atoms with Crippen LogP contribution in [0.25, 0.3) is 0 Å². The molecule has 7 aromatic rings. The van der Waals surface area contributed by atoms with Gasteiger partial charge in [0, 0.05) is 22.7 Å². The fraction of sp³-hybridized carbons (Fsp3) is 0.0870. The summed E-state index contributed by atoms with van der Waals surface area (Å²) in [6.07, 6.45) is -21.5. The second-order valence-corrected chi connectivity index (χ2v) is 19.8. The van der Waals surface area contributed by atoms with Crippen LogP contribution in [0, 0.1) is 0 Å². The first-order valence-corrected chi connectivity index (χ1v) is 22.7. The van der Waals surface area contributed by atoms with Gasteiger partial charge in [-0.05, 0) is 97.1 Å². The van der Waals surface area contributed by atoms with Gasteiger partial charge in [0.15, 0.2) is 0 Å². The van der Waals surface area contributed by atoms with Crippen molar-refractivity contribution in [3.05, 3.63) is 192 Å². The topological polar surface area (TPSA) is 47.1 Å². The number of rotatable bonds is 6. The molecule has 0 aliphatic carbocycles. The van der Waals surface area contributed by atoms with Crippen molar-refractivity contribution in [2.75, 3.05) is 18.7 Å². The maximum Gasteiger partial charge on any atom is 0.418 e. The summed E-state index contributed by atoms with van der Waals surface area (Å²) in [7, 11) is -9.92. The Hall–Kier alpha value is -6.64. The maximum atomic E-state index is 16.4. The molecule has 0 radical (unpaired) electrons. The van der Waals surface area contributed by atoms with Crippen LogP contribution in [0.2, 0.25) is 0 Å². The van der Waals surface area contributed by atoms with E-state index in [9.17, 15) is 26.3 Å². The Balaban J connectivity index is 1.33. The van der Waals surface area contributed by atoms with Gasteiger partial charge in [0.25, 0.3) is 0 Å². The van der Waals surface area contributed by atoms with Gasteiger partial charge >= 0.3 is 39.6 Å². The molecule has 0 aromatic heterocycles. The number of fused-ring (bicyclic) bond motifs is 2. The molecule has 9 rings (SSSR count). The lowest BCUT2D eigenvalue weighted by Gasteiger charge is -2.35. The average Bonchev–Trinajstić information content (AvgIpc) is 3.71. The van der Waals surface area contributed by atoms with Crippen LogP contribution in [-0.2, 0) is 33.8 Å².